The van der Waals surface area contributed by atoms with Crippen LogP contribution in [0.1, 0.15) is 71.1 Å². The largest absolute Gasteiger partial charge is 0.397 e. The van der Waals surface area contributed by atoms with Crippen molar-refractivity contribution in [1.29, 1.82) is 0 Å². The van der Waals surface area contributed by atoms with Gasteiger partial charge in [0, 0.05) is 33.5 Å². The highest BCUT2D eigenvalue weighted by Crippen LogP contribution is 2.50. The first-order valence-corrected chi connectivity index (χ1v) is 16.3. The molecule has 0 aliphatic heterocycles. The quantitative estimate of drug-likeness (QED) is 0.361. The van der Waals surface area contributed by atoms with Crippen LogP contribution in [0.15, 0.2) is 0 Å². The topological polar surface area (TPSA) is 36.9 Å². The molecule has 0 aromatic rings. The normalized spacial score (nSPS) is 21.7. The molecule has 162 valence electrons. The second kappa shape index (κ2) is 11.5. The van der Waals surface area contributed by atoms with Gasteiger partial charge in [0.05, 0.1) is 0 Å². The number of methoxy groups -OCH3 is 2. The highest BCUT2D eigenvalue weighted by atomic mass is 28.4. The van der Waals surface area contributed by atoms with Crippen molar-refractivity contribution in [2.45, 2.75) is 107 Å². The first kappa shape index (κ1) is 25.3. The van der Waals surface area contributed by atoms with Crippen LogP contribution < -0.4 is 0 Å². The third kappa shape index (κ3) is 6.38. The van der Waals surface area contributed by atoms with Gasteiger partial charge in [0.25, 0.3) is 0 Å². The Morgan fingerprint density at radius 3 is 1.59 bits per heavy atom. The minimum absolute atomic E-state index is 0.0746. The molecule has 0 radical (unpaired) electrons. The molecule has 4 nitrogen and oxygen atoms in total. The Kier molecular flexibility index (Phi) is 10.7. The Hall–Kier alpha value is 0.274. The van der Waals surface area contributed by atoms with Crippen LogP contribution in [0.4, 0.5) is 0 Å². The van der Waals surface area contributed by atoms with E-state index in [9.17, 15) is 0 Å². The zero-order chi connectivity index (χ0) is 20.6. The zero-order valence-electron chi connectivity index (χ0n) is 19.4. The van der Waals surface area contributed by atoms with Crippen molar-refractivity contribution >= 4 is 16.6 Å². The molecule has 0 atom stereocenters. The molecule has 2 aliphatic carbocycles. The van der Waals surface area contributed by atoms with E-state index >= 15 is 0 Å². The molecule has 6 heteroatoms. The van der Waals surface area contributed by atoms with Gasteiger partial charge in [-0.15, -0.1) is 0 Å². The fourth-order valence-electron chi connectivity index (χ4n) is 5.11. The molecule has 27 heavy (non-hydrogen) atoms. The van der Waals surface area contributed by atoms with E-state index in [1.54, 1.807) is 28.4 Å². The van der Waals surface area contributed by atoms with Gasteiger partial charge in [-0.1, -0.05) is 71.4 Å². The first-order valence-electron chi connectivity index (χ1n) is 10.9. The average molecular weight is 419 g/mol. The standard InChI is InChI=1S/C11H24O2Si.C10H22O2Si/c1-12-11(13-2)14(3,4)10-8-6-5-7-9-10;1-10(8-6-5-7-9-10)13(4,11-2)12-3/h10-11H,5-9H2,1-4H3;5-9H2,1-4H3. The van der Waals surface area contributed by atoms with E-state index in [-0.39, 0.29) is 5.91 Å². The van der Waals surface area contributed by atoms with E-state index < -0.39 is 16.6 Å². The summed E-state index contributed by atoms with van der Waals surface area (Å²) in [5.41, 5.74) is 0.890. The maximum atomic E-state index is 5.65. The number of rotatable bonds is 7. The molecular weight excluding hydrogens is 372 g/mol. The third-order valence-corrected chi connectivity index (χ3v) is 16.1. The van der Waals surface area contributed by atoms with Gasteiger partial charge in [-0.2, -0.15) is 0 Å². The predicted octanol–water partition coefficient (Wildman–Crippen LogP) is 6.26. The molecule has 0 heterocycles. The number of ether oxygens (including phenoxy) is 2. The summed E-state index contributed by atoms with van der Waals surface area (Å²) in [6.45, 7) is 9.34. The average Bonchev–Trinajstić information content (AvgIpc) is 2.69. The van der Waals surface area contributed by atoms with Gasteiger partial charge in [-0.05, 0) is 24.9 Å². The Labute approximate surface area is 170 Å². The van der Waals surface area contributed by atoms with Crippen molar-refractivity contribution in [1.82, 2.24) is 0 Å². The molecule has 0 amide bonds. The smallest absolute Gasteiger partial charge is 0.340 e. The van der Waals surface area contributed by atoms with Gasteiger partial charge >= 0.3 is 8.56 Å². The van der Waals surface area contributed by atoms with E-state index in [0.29, 0.717) is 5.04 Å². The van der Waals surface area contributed by atoms with Gasteiger partial charge < -0.3 is 18.3 Å². The molecule has 0 aromatic heterocycles. The highest BCUT2D eigenvalue weighted by Gasteiger charge is 2.49. The van der Waals surface area contributed by atoms with E-state index in [1.807, 2.05) is 0 Å². The lowest BCUT2D eigenvalue weighted by Crippen LogP contribution is -2.49. The summed E-state index contributed by atoms with van der Waals surface area (Å²) in [5, 5.41) is 0.328. The lowest BCUT2D eigenvalue weighted by atomic mass is 9.90. The minimum atomic E-state index is -1.92. The molecular formula is C21H46O4Si2. The van der Waals surface area contributed by atoms with Crippen molar-refractivity contribution < 1.29 is 18.3 Å². The van der Waals surface area contributed by atoms with E-state index in [0.717, 1.165) is 5.54 Å². The molecule has 0 spiro atoms. The Balaban J connectivity index is 0.000000271. The monoisotopic (exact) mass is 418 g/mol. The molecule has 0 bridgehead atoms. The summed E-state index contributed by atoms with van der Waals surface area (Å²) < 4.78 is 22.2. The van der Waals surface area contributed by atoms with Crippen molar-refractivity contribution in [2.75, 3.05) is 28.4 Å². The fraction of sp³-hybridized carbons (Fsp3) is 1.00. The lowest BCUT2D eigenvalue weighted by molar-refractivity contribution is -0.0515. The molecule has 2 rings (SSSR count). The molecule has 2 aliphatic rings. The van der Waals surface area contributed by atoms with Gasteiger partial charge in [0.1, 0.15) is 14.0 Å². The zero-order valence-corrected chi connectivity index (χ0v) is 21.4. The van der Waals surface area contributed by atoms with Crippen LogP contribution in [0.2, 0.25) is 30.2 Å². The summed E-state index contributed by atoms with van der Waals surface area (Å²) in [6, 6.07) is 0. The van der Waals surface area contributed by atoms with Gasteiger partial charge in [0.15, 0.2) is 0 Å². The van der Waals surface area contributed by atoms with E-state index in [4.69, 9.17) is 18.3 Å². The number of hydrogen-bond acceptors (Lipinski definition) is 4. The van der Waals surface area contributed by atoms with Crippen molar-refractivity contribution in [3.63, 3.8) is 0 Å². The lowest BCUT2D eigenvalue weighted by Gasteiger charge is -2.43. The second-order valence-electron chi connectivity index (χ2n) is 9.43. The van der Waals surface area contributed by atoms with E-state index in [1.165, 1.54) is 64.2 Å². The first-order chi connectivity index (χ1) is 12.7. The van der Waals surface area contributed by atoms with Crippen molar-refractivity contribution in [2.24, 2.45) is 0 Å². The molecule has 0 saturated heterocycles. The fourth-order valence-corrected chi connectivity index (χ4v) is 11.0. The SMILES string of the molecule is COC(OC)[Si](C)(C)C1CCCCC1.CO[Si](C)(OC)C1(C)CCCCC1. The maximum Gasteiger partial charge on any atom is 0.340 e. The van der Waals surface area contributed by atoms with Crippen molar-refractivity contribution in [3.05, 3.63) is 0 Å². The predicted molar refractivity (Wildman–Crippen MR) is 119 cm³/mol. The highest BCUT2D eigenvalue weighted by molar-refractivity contribution is 6.79. The molecule has 2 fully saturated rings. The Morgan fingerprint density at radius 1 is 0.741 bits per heavy atom. The summed E-state index contributed by atoms with van der Waals surface area (Å²) in [5.74, 6) is 0.0746. The molecule has 2 saturated carbocycles. The van der Waals surface area contributed by atoms with Crippen LogP contribution in [0.3, 0.4) is 0 Å². The summed E-state index contributed by atoms with van der Waals surface area (Å²) in [7, 11) is 3.84. The summed E-state index contributed by atoms with van der Waals surface area (Å²) in [4.78, 5) is 0. The van der Waals surface area contributed by atoms with Crippen LogP contribution in [0, 0.1) is 0 Å². The van der Waals surface area contributed by atoms with Crippen molar-refractivity contribution in [3.8, 4) is 0 Å². The number of hydrogen-bond donors (Lipinski definition) is 0. The Bertz CT molecular complexity index is 397. The maximum absolute atomic E-state index is 5.65. The van der Waals surface area contributed by atoms with Gasteiger partial charge in [-0.25, -0.2) is 0 Å². The van der Waals surface area contributed by atoms with Crippen LogP contribution in [0.5, 0.6) is 0 Å². The third-order valence-electron chi connectivity index (χ3n) is 7.53. The summed E-state index contributed by atoms with van der Waals surface area (Å²) in [6.07, 6.45) is 13.6. The van der Waals surface area contributed by atoms with Crippen LogP contribution >= 0.6 is 0 Å². The van der Waals surface area contributed by atoms with Gasteiger partial charge in [0.2, 0.25) is 0 Å². The second-order valence-corrected chi connectivity index (χ2v) is 18.3. The molecule has 0 unspecified atom stereocenters. The van der Waals surface area contributed by atoms with E-state index in [2.05, 4.69) is 26.6 Å². The van der Waals surface area contributed by atoms with Crippen LogP contribution in [-0.2, 0) is 18.3 Å². The molecule has 0 N–H and O–H groups in total. The minimum Gasteiger partial charge on any atom is -0.397 e. The van der Waals surface area contributed by atoms with Gasteiger partial charge in [-0.3, -0.25) is 0 Å². The van der Waals surface area contributed by atoms with Crippen LogP contribution in [-0.4, -0.2) is 51.0 Å². The molecule has 0 aromatic carbocycles. The van der Waals surface area contributed by atoms with Crippen LogP contribution in [0.25, 0.3) is 0 Å². The Morgan fingerprint density at radius 2 is 1.19 bits per heavy atom. The summed E-state index contributed by atoms with van der Waals surface area (Å²) >= 11 is 0.